The lowest BCUT2D eigenvalue weighted by Crippen LogP contribution is -2.22. The summed E-state index contributed by atoms with van der Waals surface area (Å²) in [7, 11) is 0. The molecule has 1 N–H and O–H groups in total. The summed E-state index contributed by atoms with van der Waals surface area (Å²) in [4.78, 5) is 0. The van der Waals surface area contributed by atoms with Crippen LogP contribution >= 0.6 is 11.3 Å². The smallest absolute Gasteiger partial charge is 0.387 e. The van der Waals surface area contributed by atoms with Gasteiger partial charge < -0.3 is 10.1 Å². The minimum Gasteiger partial charge on any atom is -0.435 e. The minimum absolute atomic E-state index is 0.130. The minimum atomic E-state index is -2.78. The normalized spacial score (nSPS) is 14.2. The molecule has 1 heterocycles. The summed E-state index contributed by atoms with van der Waals surface area (Å²) in [6.45, 7) is 1.37. The number of alkyl halides is 2. The molecule has 0 radical (unpaired) electrons. The van der Waals surface area contributed by atoms with Crippen molar-refractivity contribution < 1.29 is 13.5 Å². The summed E-state index contributed by atoms with van der Waals surface area (Å²) in [5.74, 6) is 0.182. The lowest BCUT2D eigenvalue weighted by molar-refractivity contribution is -0.0498. The van der Waals surface area contributed by atoms with Crippen LogP contribution in [-0.2, 0) is 0 Å². The first-order chi connectivity index (χ1) is 9.56. The molecule has 0 aliphatic carbocycles. The van der Waals surface area contributed by atoms with E-state index in [4.69, 9.17) is 0 Å². The molecule has 20 heavy (non-hydrogen) atoms. The molecular weight excluding hydrogens is 280 g/mol. The first-order valence-electron chi connectivity index (χ1n) is 6.39. The third-order valence-corrected chi connectivity index (χ3v) is 3.85. The van der Waals surface area contributed by atoms with E-state index in [1.165, 1.54) is 5.56 Å². The van der Waals surface area contributed by atoms with Crippen molar-refractivity contribution in [1.29, 1.82) is 0 Å². The molecule has 0 aliphatic heterocycles. The fourth-order valence-corrected chi connectivity index (χ4v) is 2.78. The van der Waals surface area contributed by atoms with Crippen LogP contribution in [0.3, 0.4) is 0 Å². The first-order valence-corrected chi connectivity index (χ1v) is 7.33. The number of hydrogen-bond donors (Lipinski definition) is 1. The van der Waals surface area contributed by atoms with Crippen molar-refractivity contribution in [2.24, 2.45) is 0 Å². The molecule has 108 valence electrons. The number of benzene rings is 1. The highest BCUT2D eigenvalue weighted by Gasteiger charge is 2.12. The molecule has 0 aliphatic rings. The highest BCUT2D eigenvalue weighted by atomic mass is 32.1. The molecule has 2 nitrogen and oxygen atoms in total. The van der Waals surface area contributed by atoms with E-state index in [1.54, 1.807) is 35.6 Å². The van der Waals surface area contributed by atoms with Crippen LogP contribution in [0.1, 0.15) is 37.1 Å². The number of rotatable bonds is 6. The number of halogens is 2. The van der Waals surface area contributed by atoms with Crippen LogP contribution in [0.2, 0.25) is 0 Å². The van der Waals surface area contributed by atoms with Gasteiger partial charge in [-0.25, -0.2) is 0 Å². The second-order valence-corrected chi connectivity index (χ2v) is 5.39. The molecule has 2 aromatic rings. The Bertz CT molecular complexity index is 513. The zero-order valence-corrected chi connectivity index (χ0v) is 12.2. The van der Waals surface area contributed by atoms with E-state index in [-0.39, 0.29) is 17.8 Å². The zero-order valence-electron chi connectivity index (χ0n) is 11.3. The quantitative estimate of drug-likeness (QED) is 0.830. The van der Waals surface area contributed by atoms with Gasteiger partial charge in [-0.3, -0.25) is 0 Å². The Labute approximate surface area is 121 Å². The van der Waals surface area contributed by atoms with Crippen molar-refractivity contribution in [3.8, 4) is 5.75 Å². The Kier molecular flexibility index (Phi) is 5.09. The molecule has 2 unspecified atom stereocenters. The molecule has 0 bridgehead atoms. The fourth-order valence-electron chi connectivity index (χ4n) is 2.03. The van der Waals surface area contributed by atoms with Crippen molar-refractivity contribution in [3.63, 3.8) is 0 Å². The molecule has 5 heteroatoms. The van der Waals surface area contributed by atoms with Crippen molar-refractivity contribution >= 4 is 11.3 Å². The SMILES string of the molecule is CC(NC(C)c1ccsc1)c1ccc(OC(F)F)cc1. The number of hydrogen-bond acceptors (Lipinski definition) is 3. The Hall–Kier alpha value is -1.46. The van der Waals surface area contributed by atoms with E-state index >= 15 is 0 Å². The number of ether oxygens (including phenoxy) is 1. The maximum atomic E-state index is 12.1. The molecule has 2 atom stereocenters. The fraction of sp³-hybridized carbons (Fsp3) is 0.333. The van der Waals surface area contributed by atoms with E-state index < -0.39 is 6.61 Å². The Balaban J connectivity index is 1.97. The van der Waals surface area contributed by atoms with Gasteiger partial charge in [0.25, 0.3) is 0 Å². The Morgan fingerprint density at radius 1 is 1.00 bits per heavy atom. The monoisotopic (exact) mass is 297 g/mol. The standard InChI is InChI=1S/C15H17F2NOS/c1-10(18-11(2)13-7-8-20-9-13)12-3-5-14(6-4-12)19-15(16)17/h3-11,15,18H,1-2H3. The predicted molar refractivity (Wildman–Crippen MR) is 77.4 cm³/mol. The van der Waals surface area contributed by atoms with Gasteiger partial charge in [-0.2, -0.15) is 20.1 Å². The van der Waals surface area contributed by atoms with E-state index in [2.05, 4.69) is 33.8 Å². The molecule has 1 aromatic heterocycles. The molecule has 0 fully saturated rings. The van der Waals surface area contributed by atoms with Crippen molar-refractivity contribution in [2.75, 3.05) is 0 Å². The molecule has 1 aromatic carbocycles. The van der Waals surface area contributed by atoms with E-state index in [9.17, 15) is 8.78 Å². The van der Waals surface area contributed by atoms with Gasteiger partial charge in [0.2, 0.25) is 0 Å². The largest absolute Gasteiger partial charge is 0.435 e. The molecule has 2 rings (SSSR count). The summed E-state index contributed by atoms with van der Waals surface area (Å²) in [6, 6.07) is 9.20. The average Bonchev–Trinajstić information content (AvgIpc) is 2.92. The lowest BCUT2D eigenvalue weighted by atomic mass is 10.1. The summed E-state index contributed by atoms with van der Waals surface area (Å²) in [5, 5.41) is 7.64. The topological polar surface area (TPSA) is 21.3 Å². The molecule has 0 saturated heterocycles. The van der Waals surface area contributed by atoms with Gasteiger partial charge in [-0.1, -0.05) is 12.1 Å². The van der Waals surface area contributed by atoms with Crippen LogP contribution < -0.4 is 10.1 Å². The third kappa shape index (κ3) is 4.02. The Morgan fingerprint density at radius 3 is 2.20 bits per heavy atom. The zero-order chi connectivity index (χ0) is 14.5. The molecule has 0 spiro atoms. The van der Waals surface area contributed by atoms with Crippen LogP contribution in [0, 0.1) is 0 Å². The van der Waals surface area contributed by atoms with Crippen molar-refractivity contribution in [2.45, 2.75) is 32.5 Å². The van der Waals surface area contributed by atoms with Gasteiger partial charge in [0.15, 0.2) is 0 Å². The van der Waals surface area contributed by atoms with Crippen molar-refractivity contribution in [1.82, 2.24) is 5.32 Å². The second-order valence-electron chi connectivity index (χ2n) is 4.61. The average molecular weight is 297 g/mol. The number of thiophene rings is 1. The maximum absolute atomic E-state index is 12.1. The van der Waals surface area contributed by atoms with Crippen LogP contribution in [0.25, 0.3) is 0 Å². The Morgan fingerprint density at radius 2 is 1.65 bits per heavy atom. The summed E-state index contributed by atoms with van der Waals surface area (Å²) < 4.78 is 28.5. The van der Waals surface area contributed by atoms with Crippen LogP contribution in [-0.4, -0.2) is 6.61 Å². The molecule has 0 saturated carbocycles. The highest BCUT2D eigenvalue weighted by molar-refractivity contribution is 7.07. The molecule has 0 amide bonds. The van der Waals surface area contributed by atoms with Gasteiger partial charge in [0, 0.05) is 12.1 Å². The van der Waals surface area contributed by atoms with Crippen LogP contribution in [0.5, 0.6) is 5.75 Å². The second kappa shape index (κ2) is 6.81. The highest BCUT2D eigenvalue weighted by Crippen LogP contribution is 2.23. The van der Waals surface area contributed by atoms with Gasteiger partial charge in [-0.05, 0) is 53.9 Å². The third-order valence-electron chi connectivity index (χ3n) is 3.15. The van der Waals surface area contributed by atoms with Gasteiger partial charge in [0.05, 0.1) is 0 Å². The number of nitrogens with one attached hydrogen (secondary N) is 1. The van der Waals surface area contributed by atoms with E-state index in [1.807, 2.05) is 6.92 Å². The summed E-state index contributed by atoms with van der Waals surface area (Å²) >= 11 is 1.67. The van der Waals surface area contributed by atoms with Gasteiger partial charge in [0.1, 0.15) is 5.75 Å². The van der Waals surface area contributed by atoms with Crippen LogP contribution in [0.4, 0.5) is 8.78 Å². The summed E-state index contributed by atoms with van der Waals surface area (Å²) in [5.41, 5.74) is 2.29. The van der Waals surface area contributed by atoms with Crippen LogP contribution in [0.15, 0.2) is 41.1 Å². The first kappa shape index (κ1) is 14.9. The van der Waals surface area contributed by atoms with Crippen molar-refractivity contribution in [3.05, 3.63) is 52.2 Å². The van der Waals surface area contributed by atoms with Gasteiger partial charge in [-0.15, -0.1) is 0 Å². The van der Waals surface area contributed by atoms with E-state index in [0.717, 1.165) is 5.56 Å². The maximum Gasteiger partial charge on any atom is 0.387 e. The predicted octanol–water partition coefficient (Wildman–Crippen LogP) is 4.76. The molecular formula is C15H17F2NOS. The summed E-state index contributed by atoms with van der Waals surface area (Å²) in [6.07, 6.45) is 0. The van der Waals surface area contributed by atoms with E-state index in [0.29, 0.717) is 0 Å². The van der Waals surface area contributed by atoms with Gasteiger partial charge >= 0.3 is 6.61 Å². The lowest BCUT2D eigenvalue weighted by Gasteiger charge is -2.20.